The van der Waals surface area contributed by atoms with Gasteiger partial charge in [-0.25, -0.2) is 0 Å². The fraction of sp³-hybridized carbons (Fsp3) is 1.00. The summed E-state index contributed by atoms with van der Waals surface area (Å²) in [6, 6.07) is 0. The fourth-order valence-electron chi connectivity index (χ4n) is 12.4. The molecule has 0 aromatic carbocycles. The van der Waals surface area contributed by atoms with Gasteiger partial charge in [0.25, 0.3) is 0 Å². The lowest BCUT2D eigenvalue weighted by Crippen LogP contribution is -2.68. The predicted molar refractivity (Wildman–Crippen MR) is 188 cm³/mol. The lowest BCUT2D eigenvalue weighted by atomic mass is 9.42. The average molecular weight is 745 g/mol. The third-order valence-corrected chi connectivity index (χ3v) is 15.1. The first-order chi connectivity index (χ1) is 24.5. The van der Waals surface area contributed by atoms with Crippen LogP contribution in [0.4, 0.5) is 0 Å². The van der Waals surface area contributed by atoms with Gasteiger partial charge in [-0.15, -0.1) is 0 Å². The lowest BCUT2D eigenvalue weighted by molar-refractivity contribution is -0.313. The standard InChI is InChI=1S/C39H68O13/c1-19(2)27(50-36-32(30(45)28(17-40)51-36)52-35-33(48-7)31(47-6)26(44)18-49-35)9-8-20(3)22-15-24(42)34-38(22,5)13-11-29-37(4)12-10-21(41)14-23(37)25(43)16-39(29,34)46/h19-36,40-46H,8-18H2,1-7H3. The molecule has 302 valence electrons. The molecule has 4 aliphatic carbocycles. The summed E-state index contributed by atoms with van der Waals surface area (Å²) in [5, 5.41) is 77.8. The van der Waals surface area contributed by atoms with Gasteiger partial charge >= 0.3 is 0 Å². The maximum atomic E-state index is 12.7. The predicted octanol–water partition coefficient (Wildman–Crippen LogP) is 1.73. The summed E-state index contributed by atoms with van der Waals surface area (Å²) in [4.78, 5) is 0. The number of fused-ring (bicyclic) bond motifs is 5. The number of aliphatic hydroxyl groups excluding tert-OH is 6. The van der Waals surface area contributed by atoms with Crippen LogP contribution in [0.5, 0.6) is 0 Å². The van der Waals surface area contributed by atoms with E-state index in [-0.39, 0.29) is 65.5 Å². The van der Waals surface area contributed by atoms with Crippen LogP contribution in [0.15, 0.2) is 0 Å². The molecule has 20 atom stereocenters. The monoisotopic (exact) mass is 744 g/mol. The summed E-state index contributed by atoms with van der Waals surface area (Å²) in [6.45, 7) is 10.3. The molecular weight excluding hydrogens is 676 g/mol. The van der Waals surface area contributed by atoms with Crippen molar-refractivity contribution >= 4 is 0 Å². The number of rotatable bonds is 12. The lowest BCUT2D eigenvalue weighted by Gasteiger charge is -2.66. The molecule has 52 heavy (non-hydrogen) atoms. The highest BCUT2D eigenvalue weighted by molar-refractivity contribution is 5.20. The van der Waals surface area contributed by atoms with Crippen molar-refractivity contribution < 1.29 is 64.2 Å². The minimum Gasteiger partial charge on any atom is -0.394 e. The Morgan fingerprint density at radius 3 is 2.15 bits per heavy atom. The normalized spacial score (nSPS) is 51.9. The summed E-state index contributed by atoms with van der Waals surface area (Å²) in [5.74, 6) is -0.0157. The van der Waals surface area contributed by atoms with Gasteiger partial charge in [-0.05, 0) is 91.8 Å². The Kier molecular flexibility index (Phi) is 12.5. The van der Waals surface area contributed by atoms with Crippen LogP contribution in [0.2, 0.25) is 0 Å². The first-order valence-corrected chi connectivity index (χ1v) is 19.9. The largest absolute Gasteiger partial charge is 0.394 e. The van der Waals surface area contributed by atoms with Crippen LogP contribution in [-0.4, -0.2) is 142 Å². The Bertz CT molecular complexity index is 1190. The molecule has 0 amide bonds. The molecule has 0 radical (unpaired) electrons. The van der Waals surface area contributed by atoms with Crippen molar-refractivity contribution in [3.05, 3.63) is 0 Å². The van der Waals surface area contributed by atoms with E-state index in [4.69, 9.17) is 28.4 Å². The van der Waals surface area contributed by atoms with Gasteiger partial charge in [-0.1, -0.05) is 34.6 Å². The van der Waals surface area contributed by atoms with Crippen molar-refractivity contribution in [2.75, 3.05) is 27.4 Å². The van der Waals surface area contributed by atoms with Gasteiger partial charge in [0.05, 0.1) is 43.2 Å². The van der Waals surface area contributed by atoms with E-state index >= 15 is 0 Å². The van der Waals surface area contributed by atoms with Gasteiger partial charge in [-0.2, -0.15) is 0 Å². The minimum atomic E-state index is -1.21. The topological polar surface area (TPSA) is 197 Å². The minimum absolute atomic E-state index is 0.0373. The second-order valence-electron chi connectivity index (χ2n) is 18.2. The Labute approximate surface area is 309 Å². The molecule has 13 heteroatoms. The van der Waals surface area contributed by atoms with Gasteiger partial charge < -0.3 is 64.2 Å². The summed E-state index contributed by atoms with van der Waals surface area (Å²) in [6.07, 6.45) is -3.63. The van der Waals surface area contributed by atoms with Crippen LogP contribution in [0.1, 0.15) is 92.4 Å². The molecule has 0 aromatic heterocycles. The van der Waals surface area contributed by atoms with E-state index in [2.05, 4.69) is 34.6 Å². The Morgan fingerprint density at radius 1 is 0.808 bits per heavy atom. The number of aliphatic hydroxyl groups is 7. The van der Waals surface area contributed by atoms with Gasteiger partial charge in [0, 0.05) is 26.6 Å². The van der Waals surface area contributed by atoms with Crippen molar-refractivity contribution in [3.63, 3.8) is 0 Å². The highest BCUT2D eigenvalue weighted by Crippen LogP contribution is 2.69. The molecular formula is C39H68O13. The molecule has 6 fully saturated rings. The summed E-state index contributed by atoms with van der Waals surface area (Å²) < 4.78 is 35.6. The first kappa shape index (κ1) is 41.1. The molecule has 20 unspecified atom stereocenters. The molecule has 6 rings (SSSR count). The average Bonchev–Trinajstić information content (AvgIpc) is 3.55. The smallest absolute Gasteiger partial charge is 0.187 e. The third-order valence-electron chi connectivity index (χ3n) is 15.1. The molecule has 2 aliphatic heterocycles. The van der Waals surface area contributed by atoms with E-state index in [1.807, 2.05) is 0 Å². The van der Waals surface area contributed by atoms with Crippen LogP contribution in [0, 0.1) is 46.3 Å². The molecule has 13 nitrogen and oxygen atoms in total. The van der Waals surface area contributed by atoms with Gasteiger partial charge in [0.2, 0.25) is 0 Å². The zero-order valence-electron chi connectivity index (χ0n) is 32.3. The fourth-order valence-corrected chi connectivity index (χ4v) is 12.4. The maximum Gasteiger partial charge on any atom is 0.187 e. The number of ether oxygens (including phenoxy) is 6. The summed E-state index contributed by atoms with van der Waals surface area (Å²) >= 11 is 0. The zero-order chi connectivity index (χ0) is 37.9. The molecule has 0 aromatic rings. The van der Waals surface area contributed by atoms with E-state index in [9.17, 15) is 35.7 Å². The van der Waals surface area contributed by atoms with Crippen molar-refractivity contribution in [1.82, 2.24) is 0 Å². The van der Waals surface area contributed by atoms with E-state index < -0.39 is 79.7 Å². The summed E-state index contributed by atoms with van der Waals surface area (Å²) in [7, 11) is 2.93. The van der Waals surface area contributed by atoms with E-state index in [0.29, 0.717) is 25.7 Å². The molecule has 4 saturated carbocycles. The Balaban J connectivity index is 1.13. The van der Waals surface area contributed by atoms with Crippen LogP contribution in [0.3, 0.4) is 0 Å². The second-order valence-corrected chi connectivity index (χ2v) is 18.2. The maximum absolute atomic E-state index is 12.7. The quantitative estimate of drug-likeness (QED) is 0.153. The number of methoxy groups -OCH3 is 2. The number of hydrogen-bond acceptors (Lipinski definition) is 13. The van der Waals surface area contributed by atoms with Crippen LogP contribution >= 0.6 is 0 Å². The van der Waals surface area contributed by atoms with Crippen molar-refractivity contribution in [2.24, 2.45) is 46.3 Å². The molecule has 2 saturated heterocycles. The van der Waals surface area contributed by atoms with Crippen molar-refractivity contribution in [1.29, 1.82) is 0 Å². The Morgan fingerprint density at radius 2 is 1.50 bits per heavy atom. The molecule has 0 spiro atoms. The highest BCUT2D eigenvalue weighted by atomic mass is 16.8. The van der Waals surface area contributed by atoms with Crippen molar-refractivity contribution in [2.45, 2.75) is 172 Å². The van der Waals surface area contributed by atoms with Crippen molar-refractivity contribution in [3.8, 4) is 0 Å². The molecule has 6 aliphatic rings. The third kappa shape index (κ3) is 7.05. The van der Waals surface area contributed by atoms with E-state index in [1.54, 1.807) is 0 Å². The molecule has 7 N–H and O–H groups in total. The molecule has 0 bridgehead atoms. The summed E-state index contributed by atoms with van der Waals surface area (Å²) in [5.41, 5.74) is -1.78. The first-order valence-electron chi connectivity index (χ1n) is 19.9. The van der Waals surface area contributed by atoms with Gasteiger partial charge in [-0.3, -0.25) is 0 Å². The van der Waals surface area contributed by atoms with Crippen LogP contribution in [-0.2, 0) is 28.4 Å². The van der Waals surface area contributed by atoms with E-state index in [1.165, 1.54) is 14.2 Å². The SMILES string of the molecule is COC1C(O)COC(OC2C(OC(CCC(C)C3CC(O)C4C3(C)CCC3C5(C)CCC(O)CC5C(O)CC34O)C(C)C)OC(CO)C2O)C1OC. The highest BCUT2D eigenvalue weighted by Gasteiger charge is 2.70. The van der Waals surface area contributed by atoms with E-state index in [0.717, 1.165) is 25.7 Å². The van der Waals surface area contributed by atoms with Crippen LogP contribution in [0.25, 0.3) is 0 Å². The molecule has 2 heterocycles. The van der Waals surface area contributed by atoms with Crippen LogP contribution < -0.4 is 0 Å². The van der Waals surface area contributed by atoms with Gasteiger partial charge in [0.1, 0.15) is 36.6 Å². The Hall–Kier alpha value is -0.520. The second kappa shape index (κ2) is 15.8. The van der Waals surface area contributed by atoms with Gasteiger partial charge in [0.15, 0.2) is 12.6 Å². The number of hydrogen-bond donors (Lipinski definition) is 7. The zero-order valence-corrected chi connectivity index (χ0v) is 32.3.